The average Bonchev–Trinajstić information content (AvgIpc) is 3.19. The van der Waals surface area contributed by atoms with Crippen molar-refractivity contribution in [2.75, 3.05) is 23.7 Å². The minimum Gasteiger partial charge on any atom is -0.385 e. The molecule has 0 saturated carbocycles. The van der Waals surface area contributed by atoms with E-state index in [1.54, 1.807) is 0 Å². The molecule has 3 rings (SSSR count). The second-order valence-electron chi connectivity index (χ2n) is 17.1. The van der Waals surface area contributed by atoms with Crippen LogP contribution in [0.25, 0.3) is 21.8 Å². The van der Waals surface area contributed by atoms with Crippen molar-refractivity contribution in [3.63, 3.8) is 0 Å². The van der Waals surface area contributed by atoms with Crippen LogP contribution in [0.3, 0.4) is 0 Å². The maximum atomic E-state index is 6.78. The molecule has 0 radical (unpaired) electrons. The van der Waals surface area contributed by atoms with E-state index in [2.05, 4.69) is 60.9 Å². The summed E-state index contributed by atoms with van der Waals surface area (Å²) in [5.41, 5.74) is 4.24. The highest BCUT2D eigenvalue weighted by Gasteiger charge is 2.08. The Hall–Kier alpha value is -2.00. The molecular weight excluding hydrogens is 690 g/mol. The summed E-state index contributed by atoms with van der Waals surface area (Å²) >= 11 is 6.78. The molecular formula is C51H86ClN3. The van der Waals surface area contributed by atoms with E-state index in [1.165, 1.54) is 218 Å². The fraction of sp³-hybridized carbons (Fsp3) is 0.745. The van der Waals surface area contributed by atoms with Gasteiger partial charge in [-0.3, -0.25) is 0 Å². The Balaban J connectivity index is 1.19. The molecule has 3 nitrogen and oxygen atoms in total. The maximum Gasteiger partial charge on any atom is 0.0745 e. The lowest BCUT2D eigenvalue weighted by atomic mass is 10.0. The number of nitrogens with zero attached hydrogens (tertiary/aromatic N) is 1. The number of hydrogen-bond donors (Lipinski definition) is 2. The Morgan fingerprint density at radius 1 is 0.382 bits per heavy atom. The zero-order valence-corrected chi connectivity index (χ0v) is 37.0. The van der Waals surface area contributed by atoms with E-state index >= 15 is 0 Å². The SMILES string of the molecule is CCCCCCCCCCCCCCCCCCCNc1ccc2cc3c(Cl)cc(NCCCCCCCCCCCCCCCCCCC)cc3nc2c1. The van der Waals surface area contributed by atoms with Gasteiger partial charge in [-0.15, -0.1) is 0 Å². The first kappa shape index (κ1) is 47.4. The molecule has 2 aromatic carbocycles. The third kappa shape index (κ3) is 23.1. The highest BCUT2D eigenvalue weighted by molar-refractivity contribution is 6.36. The van der Waals surface area contributed by atoms with Gasteiger partial charge in [-0.1, -0.05) is 237 Å². The number of fused-ring (bicyclic) bond motifs is 2. The van der Waals surface area contributed by atoms with Crippen LogP contribution in [-0.4, -0.2) is 18.1 Å². The molecule has 0 saturated heterocycles. The number of pyridine rings is 1. The molecule has 3 aromatic rings. The number of aromatic nitrogens is 1. The van der Waals surface area contributed by atoms with Crippen LogP contribution in [0, 0.1) is 0 Å². The maximum absolute atomic E-state index is 6.78. The quantitative estimate of drug-likeness (QED) is 0.0450. The molecule has 0 aliphatic carbocycles. The van der Waals surface area contributed by atoms with Crippen molar-refractivity contribution in [2.45, 2.75) is 232 Å². The summed E-state index contributed by atoms with van der Waals surface area (Å²) in [6.45, 7) is 6.61. The van der Waals surface area contributed by atoms with E-state index in [4.69, 9.17) is 16.6 Å². The summed E-state index contributed by atoms with van der Waals surface area (Å²) < 4.78 is 0. The van der Waals surface area contributed by atoms with Crippen LogP contribution < -0.4 is 10.6 Å². The van der Waals surface area contributed by atoms with Crippen molar-refractivity contribution in [1.82, 2.24) is 4.98 Å². The van der Waals surface area contributed by atoms with Gasteiger partial charge in [0.25, 0.3) is 0 Å². The van der Waals surface area contributed by atoms with E-state index in [0.29, 0.717) is 0 Å². The molecule has 0 amide bonds. The predicted octanol–water partition coefficient (Wildman–Crippen LogP) is 18.2. The number of nitrogens with one attached hydrogen (secondary N) is 2. The smallest absolute Gasteiger partial charge is 0.0745 e. The van der Waals surface area contributed by atoms with Gasteiger partial charge in [0.2, 0.25) is 0 Å². The molecule has 312 valence electrons. The molecule has 0 unspecified atom stereocenters. The fourth-order valence-electron chi connectivity index (χ4n) is 8.26. The van der Waals surface area contributed by atoms with Crippen LogP contribution in [-0.2, 0) is 0 Å². The Labute approximate surface area is 345 Å². The lowest BCUT2D eigenvalue weighted by Gasteiger charge is -2.11. The van der Waals surface area contributed by atoms with Gasteiger partial charge in [-0.25, -0.2) is 4.98 Å². The molecule has 2 N–H and O–H groups in total. The molecule has 1 heterocycles. The molecule has 0 spiro atoms. The summed E-state index contributed by atoms with van der Waals surface area (Å²) in [5, 5.41) is 10.2. The Bertz CT molecular complexity index is 1340. The van der Waals surface area contributed by atoms with Crippen molar-refractivity contribution in [2.24, 2.45) is 0 Å². The largest absolute Gasteiger partial charge is 0.385 e. The monoisotopic (exact) mass is 776 g/mol. The summed E-state index contributed by atoms with van der Waals surface area (Å²) in [5.74, 6) is 0. The predicted molar refractivity (Wildman–Crippen MR) is 250 cm³/mol. The first-order valence-electron chi connectivity index (χ1n) is 24.2. The minimum atomic E-state index is 0.776. The topological polar surface area (TPSA) is 37.0 Å². The van der Waals surface area contributed by atoms with Gasteiger partial charge in [0.1, 0.15) is 0 Å². The number of halogens is 1. The van der Waals surface area contributed by atoms with Gasteiger partial charge in [0.05, 0.1) is 16.1 Å². The second-order valence-corrected chi connectivity index (χ2v) is 17.5. The summed E-state index contributed by atoms with van der Waals surface area (Å²) in [7, 11) is 0. The van der Waals surface area contributed by atoms with Gasteiger partial charge in [0, 0.05) is 35.2 Å². The van der Waals surface area contributed by atoms with E-state index in [1.807, 2.05) is 0 Å². The first-order chi connectivity index (χ1) is 27.2. The Morgan fingerprint density at radius 3 is 1.13 bits per heavy atom. The zero-order valence-electron chi connectivity index (χ0n) is 36.2. The number of benzene rings is 2. The minimum absolute atomic E-state index is 0.776. The standard InChI is InChI=1S/C51H86ClN3/c1-3-5-7-9-11-13-15-17-19-21-23-25-27-29-31-33-35-39-53-46-38-37-45-41-48-49(52)42-47(44-51(48)55-50(45)43-46)54-40-36-34-32-30-28-26-24-22-20-18-16-14-12-10-8-6-4-2/h37-38,41-44,53-54H,3-36,39-40H2,1-2H3. The van der Waals surface area contributed by atoms with Gasteiger partial charge in [-0.2, -0.15) is 0 Å². The Kier molecular flexibility index (Phi) is 28.4. The van der Waals surface area contributed by atoms with Crippen molar-refractivity contribution in [3.8, 4) is 0 Å². The molecule has 0 fully saturated rings. The van der Waals surface area contributed by atoms with Crippen molar-refractivity contribution in [3.05, 3.63) is 41.4 Å². The van der Waals surface area contributed by atoms with Gasteiger partial charge < -0.3 is 10.6 Å². The normalized spacial score (nSPS) is 11.6. The van der Waals surface area contributed by atoms with Gasteiger partial charge in [-0.05, 0) is 43.2 Å². The van der Waals surface area contributed by atoms with Crippen LogP contribution in [0.5, 0.6) is 0 Å². The van der Waals surface area contributed by atoms with Gasteiger partial charge >= 0.3 is 0 Å². The molecule has 0 aliphatic heterocycles. The zero-order chi connectivity index (χ0) is 38.9. The van der Waals surface area contributed by atoms with Crippen LogP contribution in [0.15, 0.2) is 36.4 Å². The lowest BCUT2D eigenvalue weighted by molar-refractivity contribution is 0.528. The van der Waals surface area contributed by atoms with Crippen LogP contribution in [0.4, 0.5) is 11.4 Å². The summed E-state index contributed by atoms with van der Waals surface area (Å²) in [6, 6.07) is 13.0. The van der Waals surface area contributed by atoms with Crippen LogP contribution >= 0.6 is 11.6 Å². The molecule has 55 heavy (non-hydrogen) atoms. The summed E-state index contributed by atoms with van der Waals surface area (Å²) in [4.78, 5) is 5.06. The molecule has 1 aromatic heterocycles. The Morgan fingerprint density at radius 2 is 0.727 bits per heavy atom. The van der Waals surface area contributed by atoms with Gasteiger partial charge in [0.15, 0.2) is 0 Å². The third-order valence-corrected chi connectivity index (χ3v) is 12.2. The molecule has 0 atom stereocenters. The van der Waals surface area contributed by atoms with Crippen molar-refractivity contribution < 1.29 is 0 Å². The van der Waals surface area contributed by atoms with E-state index < -0.39 is 0 Å². The van der Waals surface area contributed by atoms with E-state index in [-0.39, 0.29) is 0 Å². The molecule has 0 aliphatic rings. The number of anilines is 2. The third-order valence-electron chi connectivity index (χ3n) is 11.9. The number of rotatable bonds is 38. The number of hydrogen-bond acceptors (Lipinski definition) is 3. The molecule has 4 heteroatoms. The number of unbranched alkanes of at least 4 members (excludes halogenated alkanes) is 32. The fourth-order valence-corrected chi connectivity index (χ4v) is 8.53. The van der Waals surface area contributed by atoms with Crippen LogP contribution in [0.2, 0.25) is 5.02 Å². The highest BCUT2D eigenvalue weighted by Crippen LogP contribution is 2.31. The second kappa shape index (κ2) is 33.0. The highest BCUT2D eigenvalue weighted by atomic mass is 35.5. The van der Waals surface area contributed by atoms with E-state index in [0.717, 1.165) is 51.3 Å². The molecule has 0 bridgehead atoms. The average molecular weight is 777 g/mol. The first-order valence-corrected chi connectivity index (χ1v) is 24.6. The van der Waals surface area contributed by atoms with E-state index in [9.17, 15) is 0 Å². The van der Waals surface area contributed by atoms with Crippen molar-refractivity contribution in [1.29, 1.82) is 0 Å². The van der Waals surface area contributed by atoms with Crippen molar-refractivity contribution >= 4 is 44.8 Å². The van der Waals surface area contributed by atoms with Crippen LogP contribution in [0.1, 0.15) is 232 Å². The lowest BCUT2D eigenvalue weighted by Crippen LogP contribution is -2.02. The summed E-state index contributed by atoms with van der Waals surface area (Å²) in [6.07, 6.45) is 47.9.